The Morgan fingerprint density at radius 3 is 1.61 bits per heavy atom. The lowest BCUT2D eigenvalue weighted by Gasteiger charge is -2.10. The maximum atomic E-state index is 6.52. The van der Waals surface area contributed by atoms with Crippen LogP contribution in [0.15, 0.2) is 192 Å². The van der Waals surface area contributed by atoms with Crippen LogP contribution in [0.2, 0.25) is 0 Å². The maximum Gasteiger partial charge on any atom is 0.165 e. The molecule has 0 N–H and O–H groups in total. The number of hydrogen-bond acceptors (Lipinski definition) is 5. The first-order valence-corrected chi connectivity index (χ1v) is 19.5. The van der Waals surface area contributed by atoms with Gasteiger partial charge in [-0.3, -0.25) is 0 Å². The number of rotatable bonds is 6. The van der Waals surface area contributed by atoms with E-state index in [9.17, 15) is 0 Å². The average Bonchev–Trinajstić information content (AvgIpc) is 3.86. The standard InChI is InChI=1S/C51H31N3OS/c1-4-15-32(16-5-1)35-21-12-22-36(29-35)50-52-49(34-19-8-3-9-20-34)53-51(54-50)42-27-14-26-41-40-25-13-24-38(47(40)56-48(41)42)37-30-43(33-17-6-2-7-18-33)46-44(31-37)39-23-10-11-28-45(39)55-46/h1-31H. The molecule has 0 amide bonds. The number of fused-ring (bicyclic) bond motifs is 6. The van der Waals surface area contributed by atoms with Crippen molar-refractivity contribution in [2.24, 2.45) is 0 Å². The van der Waals surface area contributed by atoms with E-state index in [1.54, 1.807) is 11.3 Å². The highest BCUT2D eigenvalue weighted by molar-refractivity contribution is 7.26. The Morgan fingerprint density at radius 1 is 0.321 bits per heavy atom. The Balaban J connectivity index is 1.12. The van der Waals surface area contributed by atoms with Crippen molar-refractivity contribution in [3.05, 3.63) is 188 Å². The summed E-state index contributed by atoms with van der Waals surface area (Å²) in [4.78, 5) is 15.4. The molecular weight excluding hydrogens is 703 g/mol. The van der Waals surface area contributed by atoms with E-state index in [2.05, 4.69) is 152 Å². The summed E-state index contributed by atoms with van der Waals surface area (Å²) in [7, 11) is 0. The highest BCUT2D eigenvalue weighted by Gasteiger charge is 2.20. The lowest BCUT2D eigenvalue weighted by molar-refractivity contribution is 0.670. The second-order valence-corrected chi connectivity index (χ2v) is 15.0. The van der Waals surface area contributed by atoms with Gasteiger partial charge in [0.05, 0.1) is 0 Å². The van der Waals surface area contributed by atoms with Crippen molar-refractivity contribution in [2.75, 3.05) is 0 Å². The van der Waals surface area contributed by atoms with Gasteiger partial charge in [-0.15, -0.1) is 11.3 Å². The summed E-state index contributed by atoms with van der Waals surface area (Å²) in [6.07, 6.45) is 0. The van der Waals surface area contributed by atoms with Gasteiger partial charge >= 0.3 is 0 Å². The normalized spacial score (nSPS) is 11.6. The molecule has 0 aliphatic rings. The minimum atomic E-state index is 0.638. The molecule has 0 aliphatic carbocycles. The number of nitrogens with zero attached hydrogens (tertiary/aromatic N) is 3. The molecule has 0 spiro atoms. The van der Waals surface area contributed by atoms with Gasteiger partial charge in [0, 0.05) is 53.2 Å². The zero-order valence-electron chi connectivity index (χ0n) is 30.1. The van der Waals surface area contributed by atoms with Gasteiger partial charge in [0.2, 0.25) is 0 Å². The molecule has 0 aliphatic heterocycles. The minimum Gasteiger partial charge on any atom is -0.455 e. The van der Waals surface area contributed by atoms with Crippen LogP contribution in [0.25, 0.3) is 110 Å². The fourth-order valence-electron chi connectivity index (χ4n) is 7.85. The SMILES string of the molecule is c1ccc(-c2cccc(-c3nc(-c4ccccc4)nc(-c4cccc5c4sc4c(-c6cc(-c7ccccc7)c7oc8ccccc8c7c6)cccc45)n3)c2)cc1. The lowest BCUT2D eigenvalue weighted by Crippen LogP contribution is -2.00. The Morgan fingerprint density at radius 2 is 0.857 bits per heavy atom. The van der Waals surface area contributed by atoms with E-state index in [1.807, 2.05) is 36.4 Å². The highest BCUT2D eigenvalue weighted by atomic mass is 32.1. The second-order valence-electron chi connectivity index (χ2n) is 14.0. The van der Waals surface area contributed by atoms with Crippen molar-refractivity contribution >= 4 is 53.4 Å². The van der Waals surface area contributed by atoms with Crippen molar-refractivity contribution in [1.29, 1.82) is 0 Å². The Bertz CT molecular complexity index is 3240. The number of thiophene rings is 1. The largest absolute Gasteiger partial charge is 0.455 e. The van der Waals surface area contributed by atoms with E-state index in [0.29, 0.717) is 17.5 Å². The van der Waals surface area contributed by atoms with Gasteiger partial charge in [0.25, 0.3) is 0 Å². The molecule has 3 aromatic heterocycles. The summed E-state index contributed by atoms with van der Waals surface area (Å²) in [6.45, 7) is 0. The molecule has 0 saturated carbocycles. The van der Waals surface area contributed by atoms with E-state index < -0.39 is 0 Å². The van der Waals surface area contributed by atoms with E-state index in [4.69, 9.17) is 19.4 Å². The first-order valence-electron chi connectivity index (χ1n) is 18.7. The van der Waals surface area contributed by atoms with E-state index >= 15 is 0 Å². The topological polar surface area (TPSA) is 51.8 Å². The van der Waals surface area contributed by atoms with Crippen molar-refractivity contribution in [2.45, 2.75) is 0 Å². The van der Waals surface area contributed by atoms with Gasteiger partial charge < -0.3 is 4.42 Å². The van der Waals surface area contributed by atoms with Crippen LogP contribution in [0.1, 0.15) is 0 Å². The zero-order chi connectivity index (χ0) is 37.0. The third-order valence-electron chi connectivity index (χ3n) is 10.5. The van der Waals surface area contributed by atoms with Gasteiger partial charge in [-0.2, -0.15) is 0 Å². The van der Waals surface area contributed by atoms with E-state index in [1.165, 1.54) is 21.0 Å². The third-order valence-corrected chi connectivity index (χ3v) is 11.8. The first kappa shape index (κ1) is 32.2. The van der Waals surface area contributed by atoms with Gasteiger partial charge in [-0.25, -0.2) is 15.0 Å². The second kappa shape index (κ2) is 13.3. The number of para-hydroxylation sites is 1. The van der Waals surface area contributed by atoms with Gasteiger partial charge in [-0.1, -0.05) is 158 Å². The fraction of sp³-hybridized carbons (Fsp3) is 0. The van der Waals surface area contributed by atoms with Crippen molar-refractivity contribution in [1.82, 2.24) is 15.0 Å². The summed E-state index contributed by atoms with van der Waals surface area (Å²) in [5, 5.41) is 4.60. The third kappa shape index (κ3) is 5.48. The molecular formula is C51H31N3OS. The van der Waals surface area contributed by atoms with Crippen LogP contribution in [0.4, 0.5) is 0 Å². The molecule has 56 heavy (non-hydrogen) atoms. The number of furan rings is 1. The predicted octanol–water partition coefficient (Wildman–Crippen LogP) is 14.1. The van der Waals surface area contributed by atoms with Crippen molar-refractivity contribution < 1.29 is 4.42 Å². The fourth-order valence-corrected chi connectivity index (χ4v) is 9.19. The molecule has 0 saturated heterocycles. The summed E-state index contributed by atoms with van der Waals surface area (Å²) in [6, 6.07) is 65.6. The smallest absolute Gasteiger partial charge is 0.165 e. The molecule has 11 aromatic rings. The van der Waals surface area contributed by atoms with Gasteiger partial charge in [0.15, 0.2) is 17.5 Å². The molecule has 0 bridgehead atoms. The Kier molecular flexibility index (Phi) is 7.64. The molecule has 8 aromatic carbocycles. The molecule has 262 valence electrons. The van der Waals surface area contributed by atoms with Crippen molar-refractivity contribution in [3.63, 3.8) is 0 Å². The summed E-state index contributed by atoms with van der Waals surface area (Å²) in [5.74, 6) is 1.93. The summed E-state index contributed by atoms with van der Waals surface area (Å²) in [5.41, 5.74) is 11.4. The summed E-state index contributed by atoms with van der Waals surface area (Å²) < 4.78 is 8.88. The van der Waals surface area contributed by atoms with Gasteiger partial charge in [0.1, 0.15) is 11.2 Å². The molecule has 3 heterocycles. The number of hydrogen-bond donors (Lipinski definition) is 0. The lowest BCUT2D eigenvalue weighted by atomic mass is 9.95. The molecule has 0 fully saturated rings. The minimum absolute atomic E-state index is 0.638. The summed E-state index contributed by atoms with van der Waals surface area (Å²) >= 11 is 1.80. The Labute approximate surface area is 327 Å². The van der Waals surface area contributed by atoms with E-state index in [0.717, 1.165) is 71.1 Å². The van der Waals surface area contributed by atoms with Crippen LogP contribution in [-0.2, 0) is 0 Å². The highest BCUT2D eigenvalue weighted by Crippen LogP contribution is 2.46. The molecule has 11 rings (SSSR count). The number of aromatic nitrogens is 3. The molecule has 0 atom stereocenters. The number of benzene rings is 8. The zero-order valence-corrected chi connectivity index (χ0v) is 30.9. The molecule has 0 unspecified atom stereocenters. The maximum absolute atomic E-state index is 6.52. The van der Waals surface area contributed by atoms with Crippen LogP contribution >= 0.6 is 11.3 Å². The van der Waals surface area contributed by atoms with Crippen LogP contribution in [-0.4, -0.2) is 15.0 Å². The van der Waals surface area contributed by atoms with Crippen LogP contribution < -0.4 is 0 Å². The van der Waals surface area contributed by atoms with E-state index in [-0.39, 0.29) is 0 Å². The molecule has 5 heteroatoms. The van der Waals surface area contributed by atoms with Crippen LogP contribution in [0.3, 0.4) is 0 Å². The monoisotopic (exact) mass is 733 g/mol. The predicted molar refractivity (Wildman–Crippen MR) is 233 cm³/mol. The first-order chi connectivity index (χ1) is 27.7. The van der Waals surface area contributed by atoms with Crippen LogP contribution in [0, 0.1) is 0 Å². The van der Waals surface area contributed by atoms with Crippen LogP contribution in [0.5, 0.6) is 0 Å². The average molecular weight is 734 g/mol. The molecule has 4 nitrogen and oxygen atoms in total. The molecule has 0 radical (unpaired) electrons. The Hall–Kier alpha value is -7.21. The quantitative estimate of drug-likeness (QED) is 0.171. The van der Waals surface area contributed by atoms with Gasteiger partial charge in [-0.05, 0) is 58.1 Å². The van der Waals surface area contributed by atoms with Crippen molar-refractivity contribution in [3.8, 4) is 67.5 Å².